The molecule has 7 nitrogen and oxygen atoms in total. The molecule has 11 heteroatoms. The number of carbonyl (C=O) groups excluding carboxylic acids is 2. The molecule has 0 aliphatic carbocycles. The van der Waals surface area contributed by atoms with Gasteiger partial charge in [-0.1, -0.05) is 78.5 Å². The van der Waals surface area contributed by atoms with Gasteiger partial charge >= 0.3 is 0 Å². The fourth-order valence-corrected chi connectivity index (χ4v) is 5.91. The van der Waals surface area contributed by atoms with Crippen LogP contribution in [-0.4, -0.2) is 44.3 Å². The van der Waals surface area contributed by atoms with Gasteiger partial charge in [-0.2, -0.15) is 0 Å². The van der Waals surface area contributed by atoms with Gasteiger partial charge in [0.2, 0.25) is 11.8 Å². The second-order valence-electron chi connectivity index (χ2n) is 9.92. The van der Waals surface area contributed by atoms with Crippen LogP contribution >= 0.6 is 34.8 Å². The van der Waals surface area contributed by atoms with Crippen molar-refractivity contribution in [1.82, 2.24) is 10.2 Å². The first-order valence-corrected chi connectivity index (χ1v) is 15.2. The van der Waals surface area contributed by atoms with Gasteiger partial charge in [0.25, 0.3) is 10.0 Å². The number of hydrogen-bond donors (Lipinski definition) is 1. The third-order valence-corrected chi connectivity index (χ3v) is 8.62. The molecule has 0 heterocycles. The van der Waals surface area contributed by atoms with Crippen LogP contribution in [-0.2, 0) is 26.2 Å². The van der Waals surface area contributed by atoms with Crippen LogP contribution in [0.1, 0.15) is 31.9 Å². The Labute approximate surface area is 251 Å². The highest BCUT2D eigenvalue weighted by molar-refractivity contribution is 7.92. The Balaban J connectivity index is 2.04. The number of rotatable bonds is 11. The van der Waals surface area contributed by atoms with Crippen LogP contribution < -0.4 is 9.62 Å². The van der Waals surface area contributed by atoms with Crippen LogP contribution in [0.2, 0.25) is 15.1 Å². The third-order valence-electron chi connectivity index (χ3n) is 6.14. The number of halogens is 3. The van der Waals surface area contributed by atoms with Crippen molar-refractivity contribution >= 4 is 62.3 Å². The van der Waals surface area contributed by atoms with Gasteiger partial charge in [-0.05, 0) is 67.8 Å². The highest BCUT2D eigenvalue weighted by Crippen LogP contribution is 2.30. The van der Waals surface area contributed by atoms with Gasteiger partial charge in [-0.25, -0.2) is 8.42 Å². The summed E-state index contributed by atoms with van der Waals surface area (Å²) in [5.41, 5.74) is 1.72. The van der Waals surface area contributed by atoms with E-state index in [0.717, 1.165) is 15.4 Å². The fraction of sp³-hybridized carbons (Fsp3) is 0.310. The van der Waals surface area contributed by atoms with Crippen molar-refractivity contribution in [3.8, 4) is 0 Å². The van der Waals surface area contributed by atoms with Crippen LogP contribution in [0, 0.1) is 12.8 Å². The van der Waals surface area contributed by atoms with E-state index in [1.807, 2.05) is 20.8 Å². The number of aryl methyl sites for hydroxylation is 1. The molecule has 0 fully saturated rings. The number of anilines is 1. The van der Waals surface area contributed by atoms with Gasteiger partial charge in [-0.15, -0.1) is 0 Å². The molecule has 3 rings (SSSR count). The highest BCUT2D eigenvalue weighted by atomic mass is 35.5. The summed E-state index contributed by atoms with van der Waals surface area (Å²) in [5, 5.41) is 3.79. The molecular weight excluding hydrogens is 593 g/mol. The lowest BCUT2D eigenvalue weighted by Gasteiger charge is -2.32. The molecule has 3 aromatic carbocycles. The van der Waals surface area contributed by atoms with Crippen LogP contribution in [0.4, 0.5) is 5.69 Å². The van der Waals surface area contributed by atoms with E-state index in [0.29, 0.717) is 11.6 Å². The Bertz CT molecular complexity index is 1430. The lowest BCUT2D eigenvalue weighted by atomic mass is 10.1. The highest BCUT2D eigenvalue weighted by Gasteiger charge is 2.33. The van der Waals surface area contributed by atoms with Crippen molar-refractivity contribution in [2.75, 3.05) is 17.4 Å². The lowest BCUT2D eigenvalue weighted by molar-refractivity contribution is -0.139. The van der Waals surface area contributed by atoms with Gasteiger partial charge in [0, 0.05) is 28.2 Å². The maximum absolute atomic E-state index is 13.9. The van der Waals surface area contributed by atoms with E-state index >= 15 is 0 Å². The average molecular weight is 625 g/mol. The standard InChI is InChI=1S/C29H32Cl3N3O4S/c1-19(2)16-33-29(37)21(4)34(17-22-7-9-23(30)10-8-22)28(36)18-35(26-14-24(31)13-25(32)15-26)40(38,39)27-11-5-20(3)6-12-27/h5-15,19,21H,16-18H2,1-4H3,(H,33,37)/t21-/m0/s1. The summed E-state index contributed by atoms with van der Waals surface area (Å²) in [4.78, 5) is 28.3. The monoisotopic (exact) mass is 623 g/mol. The predicted octanol–water partition coefficient (Wildman–Crippen LogP) is 6.34. The molecular formula is C29H32Cl3N3O4S. The van der Waals surface area contributed by atoms with Gasteiger partial charge < -0.3 is 10.2 Å². The topological polar surface area (TPSA) is 86.8 Å². The number of sulfonamides is 1. The number of nitrogens with zero attached hydrogens (tertiary/aromatic N) is 2. The number of amides is 2. The van der Waals surface area contributed by atoms with Gasteiger partial charge in [0.15, 0.2) is 0 Å². The van der Waals surface area contributed by atoms with Crippen LogP contribution in [0.5, 0.6) is 0 Å². The summed E-state index contributed by atoms with van der Waals surface area (Å²) in [6.45, 7) is 7.27. The Morgan fingerprint density at radius 2 is 1.43 bits per heavy atom. The zero-order chi connectivity index (χ0) is 29.6. The zero-order valence-electron chi connectivity index (χ0n) is 22.7. The van der Waals surface area contributed by atoms with Gasteiger partial charge in [-0.3, -0.25) is 13.9 Å². The Kier molecular flexibility index (Phi) is 10.9. The summed E-state index contributed by atoms with van der Waals surface area (Å²) >= 11 is 18.5. The number of carbonyl (C=O) groups is 2. The van der Waals surface area contributed by atoms with E-state index < -0.39 is 28.5 Å². The molecule has 214 valence electrons. The smallest absolute Gasteiger partial charge is 0.264 e. The largest absolute Gasteiger partial charge is 0.354 e. The Morgan fingerprint density at radius 1 is 0.850 bits per heavy atom. The lowest BCUT2D eigenvalue weighted by Crippen LogP contribution is -2.51. The molecule has 0 spiro atoms. The Morgan fingerprint density at radius 3 is 1.98 bits per heavy atom. The fourth-order valence-electron chi connectivity index (χ4n) is 3.87. The number of benzene rings is 3. The molecule has 0 saturated carbocycles. The summed E-state index contributed by atoms with van der Waals surface area (Å²) in [6, 6.07) is 16.6. The zero-order valence-corrected chi connectivity index (χ0v) is 25.8. The molecule has 0 saturated heterocycles. The quantitative estimate of drug-likeness (QED) is 0.270. The third kappa shape index (κ3) is 8.36. The summed E-state index contributed by atoms with van der Waals surface area (Å²) in [7, 11) is -4.23. The van der Waals surface area contributed by atoms with Gasteiger partial charge in [0.05, 0.1) is 10.6 Å². The van der Waals surface area contributed by atoms with Crippen molar-refractivity contribution < 1.29 is 18.0 Å². The molecule has 1 atom stereocenters. The molecule has 0 aromatic heterocycles. The van der Waals surface area contributed by atoms with Crippen molar-refractivity contribution in [2.45, 2.75) is 45.2 Å². The van der Waals surface area contributed by atoms with Crippen molar-refractivity contribution in [1.29, 1.82) is 0 Å². The van der Waals surface area contributed by atoms with E-state index in [1.165, 1.54) is 35.2 Å². The van der Waals surface area contributed by atoms with E-state index in [4.69, 9.17) is 34.8 Å². The van der Waals surface area contributed by atoms with Crippen LogP contribution in [0.25, 0.3) is 0 Å². The second kappa shape index (κ2) is 13.7. The minimum Gasteiger partial charge on any atom is -0.354 e. The van der Waals surface area contributed by atoms with Crippen LogP contribution in [0.3, 0.4) is 0 Å². The average Bonchev–Trinajstić information content (AvgIpc) is 2.89. The van der Waals surface area contributed by atoms with Crippen molar-refractivity contribution in [2.24, 2.45) is 5.92 Å². The number of hydrogen-bond acceptors (Lipinski definition) is 4. The first-order valence-electron chi connectivity index (χ1n) is 12.6. The van der Waals surface area contributed by atoms with E-state index in [2.05, 4.69) is 5.32 Å². The summed E-state index contributed by atoms with van der Waals surface area (Å²) in [6.07, 6.45) is 0. The summed E-state index contributed by atoms with van der Waals surface area (Å²) in [5.74, 6) is -0.733. The van der Waals surface area contributed by atoms with E-state index in [-0.39, 0.29) is 39.0 Å². The molecule has 0 aliphatic heterocycles. The van der Waals surface area contributed by atoms with Crippen molar-refractivity contribution in [3.05, 3.63) is 92.9 Å². The molecule has 2 amide bonds. The minimum absolute atomic E-state index is 0.00558. The molecule has 0 radical (unpaired) electrons. The first kappa shape index (κ1) is 31.7. The molecule has 3 aromatic rings. The number of nitrogens with one attached hydrogen (secondary N) is 1. The first-order chi connectivity index (χ1) is 18.8. The minimum atomic E-state index is -4.23. The molecule has 0 aliphatic rings. The van der Waals surface area contributed by atoms with Crippen LogP contribution in [0.15, 0.2) is 71.6 Å². The summed E-state index contributed by atoms with van der Waals surface area (Å²) < 4.78 is 28.7. The maximum atomic E-state index is 13.9. The second-order valence-corrected chi connectivity index (χ2v) is 13.1. The van der Waals surface area contributed by atoms with Crippen molar-refractivity contribution in [3.63, 3.8) is 0 Å². The molecule has 1 N–H and O–H groups in total. The Hall–Kier alpha value is -2.78. The van der Waals surface area contributed by atoms with Gasteiger partial charge in [0.1, 0.15) is 12.6 Å². The molecule has 40 heavy (non-hydrogen) atoms. The predicted molar refractivity (Wildman–Crippen MR) is 161 cm³/mol. The molecule has 0 unspecified atom stereocenters. The normalized spacial score (nSPS) is 12.2. The van der Waals surface area contributed by atoms with E-state index in [1.54, 1.807) is 43.3 Å². The SMILES string of the molecule is Cc1ccc(S(=O)(=O)N(CC(=O)N(Cc2ccc(Cl)cc2)[C@@H](C)C(=O)NCC(C)C)c2cc(Cl)cc(Cl)c2)cc1. The van der Waals surface area contributed by atoms with E-state index in [9.17, 15) is 18.0 Å². The molecule has 0 bridgehead atoms. The maximum Gasteiger partial charge on any atom is 0.264 e.